The number of hydrogen-bond donors (Lipinski definition) is 2. The Hall–Kier alpha value is -0.340. The van der Waals surface area contributed by atoms with Crippen LogP contribution in [0.25, 0.3) is 0 Å². The summed E-state index contributed by atoms with van der Waals surface area (Å²) in [4.78, 5) is 0. The molecular weight excluding hydrogens is 116 g/mol. The van der Waals surface area contributed by atoms with Gasteiger partial charge >= 0.3 is 0 Å². The van der Waals surface area contributed by atoms with E-state index in [0.29, 0.717) is 0 Å². The van der Waals surface area contributed by atoms with Crippen molar-refractivity contribution in [3.63, 3.8) is 0 Å². The Morgan fingerprint density at radius 1 is 1.67 bits per heavy atom. The Morgan fingerprint density at radius 3 is 2.33 bits per heavy atom. The molecule has 0 amide bonds. The minimum atomic E-state index is -0.653. The summed E-state index contributed by atoms with van der Waals surface area (Å²) < 4.78 is 0. The molecule has 0 saturated carbocycles. The number of rotatable bonds is 3. The van der Waals surface area contributed by atoms with Crippen molar-refractivity contribution in [2.75, 3.05) is 6.61 Å². The van der Waals surface area contributed by atoms with Gasteiger partial charge in [-0.3, -0.25) is 0 Å². The Labute approximate surface area is 55.8 Å². The van der Waals surface area contributed by atoms with E-state index >= 15 is 0 Å². The lowest BCUT2D eigenvalue weighted by molar-refractivity contribution is 0.120. The highest BCUT2D eigenvalue weighted by Gasteiger charge is 2.04. The van der Waals surface area contributed by atoms with Gasteiger partial charge in [0.25, 0.3) is 0 Å². The molecule has 0 spiro atoms. The molecule has 0 aromatic rings. The monoisotopic (exact) mass is 130 g/mol. The van der Waals surface area contributed by atoms with Crippen molar-refractivity contribution >= 4 is 0 Å². The molecule has 0 heterocycles. The lowest BCUT2D eigenvalue weighted by Gasteiger charge is -2.08. The van der Waals surface area contributed by atoms with Gasteiger partial charge in [0, 0.05) is 0 Å². The lowest BCUT2D eigenvalue weighted by atomic mass is 10.1. The molecule has 0 aliphatic heterocycles. The first kappa shape index (κ1) is 8.66. The average molecular weight is 130 g/mol. The predicted octanol–water partition coefficient (Wildman–Crippen LogP) is 0.696. The standard InChI is InChI=1S/C7H14O2/c1-3-6(4-2)7(9)5-8/h3,7-9H,4-5H2,1-2H3/b6-3+. The highest BCUT2D eigenvalue weighted by atomic mass is 16.3. The molecular formula is C7H14O2. The average Bonchev–Trinajstić information content (AvgIpc) is 1.90. The van der Waals surface area contributed by atoms with Gasteiger partial charge in [-0.05, 0) is 18.9 Å². The van der Waals surface area contributed by atoms with E-state index in [1.165, 1.54) is 0 Å². The second-order valence-electron chi connectivity index (χ2n) is 1.92. The van der Waals surface area contributed by atoms with Gasteiger partial charge in [0.2, 0.25) is 0 Å². The fourth-order valence-electron chi connectivity index (χ4n) is 0.749. The van der Waals surface area contributed by atoms with Crippen LogP contribution in [-0.4, -0.2) is 22.9 Å². The molecule has 2 heteroatoms. The second kappa shape index (κ2) is 4.53. The summed E-state index contributed by atoms with van der Waals surface area (Å²) in [5, 5.41) is 17.5. The van der Waals surface area contributed by atoms with Gasteiger partial charge in [-0.25, -0.2) is 0 Å². The largest absolute Gasteiger partial charge is 0.393 e. The molecule has 0 radical (unpaired) electrons. The van der Waals surface area contributed by atoms with E-state index in [1.54, 1.807) is 0 Å². The zero-order chi connectivity index (χ0) is 7.28. The van der Waals surface area contributed by atoms with Crippen LogP contribution in [0.4, 0.5) is 0 Å². The molecule has 9 heavy (non-hydrogen) atoms. The third kappa shape index (κ3) is 2.63. The molecule has 0 aromatic carbocycles. The Bertz CT molecular complexity index is 97.1. The van der Waals surface area contributed by atoms with Crippen LogP contribution in [0.15, 0.2) is 11.6 Å². The van der Waals surface area contributed by atoms with Crippen molar-refractivity contribution in [1.82, 2.24) is 0 Å². The van der Waals surface area contributed by atoms with Gasteiger partial charge in [0.15, 0.2) is 0 Å². The molecule has 2 nitrogen and oxygen atoms in total. The van der Waals surface area contributed by atoms with Crippen molar-refractivity contribution in [2.45, 2.75) is 26.4 Å². The molecule has 0 rings (SSSR count). The molecule has 2 N–H and O–H groups in total. The topological polar surface area (TPSA) is 40.5 Å². The summed E-state index contributed by atoms with van der Waals surface area (Å²) in [6, 6.07) is 0. The van der Waals surface area contributed by atoms with Crippen LogP contribution in [-0.2, 0) is 0 Å². The van der Waals surface area contributed by atoms with Gasteiger partial charge < -0.3 is 10.2 Å². The molecule has 0 aromatic heterocycles. The van der Waals surface area contributed by atoms with Gasteiger partial charge in [-0.1, -0.05) is 13.0 Å². The summed E-state index contributed by atoms with van der Waals surface area (Å²) >= 11 is 0. The summed E-state index contributed by atoms with van der Waals surface area (Å²) in [6.07, 6.45) is 1.99. The van der Waals surface area contributed by atoms with E-state index in [0.717, 1.165) is 12.0 Å². The Morgan fingerprint density at radius 2 is 2.22 bits per heavy atom. The van der Waals surface area contributed by atoms with Crippen molar-refractivity contribution in [3.8, 4) is 0 Å². The van der Waals surface area contributed by atoms with Crippen molar-refractivity contribution in [1.29, 1.82) is 0 Å². The first-order chi connectivity index (χ1) is 4.26. The number of hydrogen-bond acceptors (Lipinski definition) is 2. The van der Waals surface area contributed by atoms with Gasteiger partial charge in [0.05, 0.1) is 12.7 Å². The predicted molar refractivity (Wildman–Crippen MR) is 37.1 cm³/mol. The van der Waals surface area contributed by atoms with E-state index in [4.69, 9.17) is 10.2 Å². The van der Waals surface area contributed by atoms with Crippen LogP contribution >= 0.6 is 0 Å². The maximum absolute atomic E-state index is 9.00. The number of aliphatic hydroxyl groups excluding tert-OH is 2. The van der Waals surface area contributed by atoms with Crippen molar-refractivity contribution < 1.29 is 10.2 Å². The maximum Gasteiger partial charge on any atom is 0.0980 e. The van der Waals surface area contributed by atoms with Crippen LogP contribution in [0.2, 0.25) is 0 Å². The maximum atomic E-state index is 9.00. The third-order valence-electron chi connectivity index (χ3n) is 1.38. The summed E-state index contributed by atoms with van der Waals surface area (Å²) in [6.45, 7) is 3.64. The van der Waals surface area contributed by atoms with Gasteiger partial charge in [0.1, 0.15) is 0 Å². The quantitative estimate of drug-likeness (QED) is 0.552. The Kier molecular flexibility index (Phi) is 4.36. The molecule has 1 atom stereocenters. The smallest absolute Gasteiger partial charge is 0.0980 e. The molecule has 0 saturated heterocycles. The molecule has 1 unspecified atom stereocenters. The van der Waals surface area contributed by atoms with Crippen LogP contribution in [0, 0.1) is 0 Å². The molecule has 54 valence electrons. The normalized spacial score (nSPS) is 15.8. The van der Waals surface area contributed by atoms with E-state index in [9.17, 15) is 0 Å². The van der Waals surface area contributed by atoms with E-state index in [1.807, 2.05) is 19.9 Å². The SMILES string of the molecule is C/C=C(\CC)C(O)CO. The first-order valence-corrected chi connectivity index (χ1v) is 3.20. The molecule has 0 aliphatic rings. The van der Waals surface area contributed by atoms with Crippen LogP contribution in [0.1, 0.15) is 20.3 Å². The molecule has 0 fully saturated rings. The Balaban J connectivity index is 3.80. The summed E-state index contributed by atoms with van der Waals surface area (Å²) in [5.41, 5.74) is 0.900. The van der Waals surface area contributed by atoms with E-state index in [-0.39, 0.29) is 6.61 Å². The number of allylic oxidation sites excluding steroid dienone is 1. The second-order valence-corrected chi connectivity index (χ2v) is 1.92. The van der Waals surface area contributed by atoms with E-state index < -0.39 is 6.10 Å². The number of aliphatic hydroxyl groups is 2. The van der Waals surface area contributed by atoms with Crippen LogP contribution in [0.5, 0.6) is 0 Å². The summed E-state index contributed by atoms with van der Waals surface area (Å²) in [5.74, 6) is 0. The van der Waals surface area contributed by atoms with Crippen molar-refractivity contribution in [3.05, 3.63) is 11.6 Å². The highest BCUT2D eigenvalue weighted by Crippen LogP contribution is 2.05. The van der Waals surface area contributed by atoms with Crippen LogP contribution < -0.4 is 0 Å². The first-order valence-electron chi connectivity index (χ1n) is 3.20. The summed E-state index contributed by atoms with van der Waals surface area (Å²) in [7, 11) is 0. The van der Waals surface area contributed by atoms with Crippen molar-refractivity contribution in [2.24, 2.45) is 0 Å². The zero-order valence-corrected chi connectivity index (χ0v) is 5.96. The molecule has 0 bridgehead atoms. The third-order valence-corrected chi connectivity index (χ3v) is 1.38. The fourth-order valence-corrected chi connectivity index (χ4v) is 0.749. The molecule has 0 aliphatic carbocycles. The fraction of sp³-hybridized carbons (Fsp3) is 0.714. The van der Waals surface area contributed by atoms with Gasteiger partial charge in [-0.15, -0.1) is 0 Å². The zero-order valence-electron chi connectivity index (χ0n) is 5.96. The van der Waals surface area contributed by atoms with Crippen LogP contribution in [0.3, 0.4) is 0 Å². The minimum Gasteiger partial charge on any atom is -0.393 e. The van der Waals surface area contributed by atoms with Gasteiger partial charge in [-0.2, -0.15) is 0 Å². The minimum absolute atomic E-state index is 0.173. The highest BCUT2D eigenvalue weighted by molar-refractivity contribution is 5.05. The van der Waals surface area contributed by atoms with E-state index in [2.05, 4.69) is 0 Å². The lowest BCUT2D eigenvalue weighted by Crippen LogP contribution is -2.14.